The van der Waals surface area contributed by atoms with Gasteiger partial charge in [0.05, 0.1) is 27.4 Å². The highest BCUT2D eigenvalue weighted by Gasteiger charge is 2.40. The molecule has 2 aliphatic heterocycles. The van der Waals surface area contributed by atoms with E-state index in [1.54, 1.807) is 14.2 Å². The van der Waals surface area contributed by atoms with E-state index in [1.165, 1.54) is 0 Å². The second-order valence-corrected chi connectivity index (χ2v) is 6.18. The lowest BCUT2D eigenvalue weighted by molar-refractivity contribution is -0.187. The van der Waals surface area contributed by atoms with Crippen molar-refractivity contribution in [1.82, 2.24) is 4.90 Å². The van der Waals surface area contributed by atoms with E-state index in [9.17, 15) is 4.79 Å². The van der Waals surface area contributed by atoms with E-state index >= 15 is 0 Å². The first-order chi connectivity index (χ1) is 11.7. The minimum Gasteiger partial charge on any atom is -0.493 e. The van der Waals surface area contributed by atoms with Gasteiger partial charge >= 0.3 is 0 Å². The van der Waals surface area contributed by atoms with Gasteiger partial charge in [0.1, 0.15) is 0 Å². The number of piperidine rings is 1. The molecule has 2 aliphatic rings. The molecule has 0 aromatic heterocycles. The first-order valence-electron chi connectivity index (χ1n) is 8.42. The maximum atomic E-state index is 12.4. The molecule has 2 saturated heterocycles. The van der Waals surface area contributed by atoms with Crippen molar-refractivity contribution in [3.05, 3.63) is 23.8 Å². The average molecular weight is 335 g/mol. The summed E-state index contributed by atoms with van der Waals surface area (Å²) in [5, 5.41) is 0. The summed E-state index contributed by atoms with van der Waals surface area (Å²) in [5.74, 6) is 1.14. The topological polar surface area (TPSA) is 57.2 Å². The zero-order valence-electron chi connectivity index (χ0n) is 14.4. The van der Waals surface area contributed by atoms with Gasteiger partial charge in [0.2, 0.25) is 5.91 Å². The fourth-order valence-electron chi connectivity index (χ4n) is 3.33. The summed E-state index contributed by atoms with van der Waals surface area (Å²) < 4.78 is 21.9. The molecule has 1 aromatic rings. The quantitative estimate of drug-likeness (QED) is 0.824. The number of nitrogens with zero attached hydrogens (tertiary/aromatic N) is 1. The molecule has 6 heteroatoms. The molecule has 0 aliphatic carbocycles. The fourth-order valence-corrected chi connectivity index (χ4v) is 3.33. The standard InChI is InChI=1S/C18H25NO5/c1-21-15-5-3-14(13-16(15)22-2)4-6-17(20)19-9-7-18(8-10-19)23-11-12-24-18/h3,5,13H,4,6-12H2,1-2H3. The second-order valence-electron chi connectivity index (χ2n) is 6.18. The highest BCUT2D eigenvalue weighted by atomic mass is 16.7. The predicted molar refractivity (Wildman–Crippen MR) is 88.3 cm³/mol. The number of benzene rings is 1. The summed E-state index contributed by atoms with van der Waals surface area (Å²) in [6.45, 7) is 2.72. The third-order valence-corrected chi connectivity index (χ3v) is 4.77. The lowest BCUT2D eigenvalue weighted by atomic mass is 10.0. The molecule has 6 nitrogen and oxygen atoms in total. The van der Waals surface area contributed by atoms with Crippen molar-refractivity contribution in [2.75, 3.05) is 40.5 Å². The second kappa shape index (κ2) is 7.40. The molecule has 2 heterocycles. The zero-order valence-corrected chi connectivity index (χ0v) is 14.4. The molecular weight excluding hydrogens is 310 g/mol. The van der Waals surface area contributed by atoms with Crippen molar-refractivity contribution in [1.29, 1.82) is 0 Å². The number of ether oxygens (including phenoxy) is 4. The van der Waals surface area contributed by atoms with E-state index < -0.39 is 5.79 Å². The lowest BCUT2D eigenvalue weighted by Gasteiger charge is -2.37. The van der Waals surface area contributed by atoms with Crippen molar-refractivity contribution in [3.63, 3.8) is 0 Å². The highest BCUT2D eigenvalue weighted by molar-refractivity contribution is 5.76. The minimum atomic E-state index is -0.430. The molecule has 1 aromatic carbocycles. The van der Waals surface area contributed by atoms with Gasteiger partial charge in [-0.3, -0.25) is 4.79 Å². The Morgan fingerprint density at radius 1 is 1.12 bits per heavy atom. The Morgan fingerprint density at radius 3 is 2.42 bits per heavy atom. The van der Waals surface area contributed by atoms with Gasteiger partial charge in [-0.2, -0.15) is 0 Å². The van der Waals surface area contributed by atoms with E-state index in [4.69, 9.17) is 18.9 Å². The molecule has 0 bridgehead atoms. The van der Waals surface area contributed by atoms with E-state index in [0.29, 0.717) is 50.6 Å². The van der Waals surface area contributed by atoms with Crippen LogP contribution in [0.25, 0.3) is 0 Å². The summed E-state index contributed by atoms with van der Waals surface area (Å²) in [7, 11) is 3.23. The number of rotatable bonds is 5. The van der Waals surface area contributed by atoms with Crippen LogP contribution < -0.4 is 9.47 Å². The van der Waals surface area contributed by atoms with Crippen LogP contribution in [0.5, 0.6) is 11.5 Å². The van der Waals surface area contributed by atoms with Gasteiger partial charge in [-0.25, -0.2) is 0 Å². The van der Waals surface area contributed by atoms with E-state index in [1.807, 2.05) is 23.1 Å². The van der Waals surface area contributed by atoms with Crippen molar-refractivity contribution < 1.29 is 23.7 Å². The van der Waals surface area contributed by atoms with Crippen molar-refractivity contribution in [3.8, 4) is 11.5 Å². The van der Waals surface area contributed by atoms with Crippen LogP contribution >= 0.6 is 0 Å². The van der Waals surface area contributed by atoms with Crippen molar-refractivity contribution in [2.45, 2.75) is 31.5 Å². The SMILES string of the molecule is COc1ccc(CCC(=O)N2CCC3(CC2)OCCO3)cc1OC. The van der Waals surface area contributed by atoms with Crippen LogP contribution in [-0.4, -0.2) is 57.1 Å². The minimum absolute atomic E-state index is 0.178. The maximum Gasteiger partial charge on any atom is 0.222 e. The monoisotopic (exact) mass is 335 g/mol. The Morgan fingerprint density at radius 2 is 1.79 bits per heavy atom. The Kier molecular flexibility index (Phi) is 5.26. The summed E-state index contributed by atoms with van der Waals surface area (Å²) >= 11 is 0. The average Bonchev–Trinajstić information content (AvgIpc) is 3.08. The number of hydrogen-bond donors (Lipinski definition) is 0. The predicted octanol–water partition coefficient (Wildman–Crippen LogP) is 2.00. The van der Waals surface area contributed by atoms with Gasteiger partial charge in [-0.1, -0.05) is 6.07 Å². The van der Waals surface area contributed by atoms with Gasteiger partial charge < -0.3 is 23.8 Å². The molecule has 2 fully saturated rings. The van der Waals surface area contributed by atoms with Gasteiger partial charge in [0.15, 0.2) is 17.3 Å². The van der Waals surface area contributed by atoms with Gasteiger partial charge in [0.25, 0.3) is 0 Å². The first kappa shape index (κ1) is 17.0. The molecule has 24 heavy (non-hydrogen) atoms. The lowest BCUT2D eigenvalue weighted by Crippen LogP contribution is -2.47. The van der Waals surface area contributed by atoms with Crippen LogP contribution in [0.4, 0.5) is 0 Å². The largest absolute Gasteiger partial charge is 0.493 e. The zero-order chi connectivity index (χ0) is 17.0. The van der Waals surface area contributed by atoms with Crippen LogP contribution in [0.15, 0.2) is 18.2 Å². The summed E-state index contributed by atoms with van der Waals surface area (Å²) in [4.78, 5) is 14.4. The number of methoxy groups -OCH3 is 2. The normalized spacial score (nSPS) is 19.5. The number of aryl methyl sites for hydroxylation is 1. The Hall–Kier alpha value is -1.79. The molecule has 1 spiro atoms. The maximum absolute atomic E-state index is 12.4. The number of likely N-dealkylation sites (tertiary alicyclic amines) is 1. The highest BCUT2D eigenvalue weighted by Crippen LogP contribution is 2.32. The first-order valence-corrected chi connectivity index (χ1v) is 8.42. The van der Waals surface area contributed by atoms with E-state index in [0.717, 1.165) is 18.4 Å². The third kappa shape index (κ3) is 3.65. The van der Waals surface area contributed by atoms with Crippen LogP contribution in [0.1, 0.15) is 24.8 Å². The fraction of sp³-hybridized carbons (Fsp3) is 0.611. The molecule has 3 rings (SSSR count). The Labute approximate surface area is 142 Å². The molecule has 0 atom stereocenters. The summed E-state index contributed by atoms with van der Waals surface area (Å²) in [5.41, 5.74) is 1.07. The van der Waals surface area contributed by atoms with Crippen molar-refractivity contribution in [2.24, 2.45) is 0 Å². The number of carbonyl (C=O) groups excluding carboxylic acids is 1. The van der Waals surface area contributed by atoms with Crippen LogP contribution in [0.3, 0.4) is 0 Å². The van der Waals surface area contributed by atoms with Gasteiger partial charge in [-0.05, 0) is 24.1 Å². The third-order valence-electron chi connectivity index (χ3n) is 4.77. The van der Waals surface area contributed by atoms with E-state index in [2.05, 4.69) is 0 Å². The Balaban J connectivity index is 1.51. The number of hydrogen-bond acceptors (Lipinski definition) is 5. The molecule has 0 saturated carbocycles. The molecule has 1 amide bonds. The molecule has 0 N–H and O–H groups in total. The van der Waals surface area contributed by atoms with Gasteiger partial charge in [-0.15, -0.1) is 0 Å². The number of amides is 1. The van der Waals surface area contributed by atoms with Crippen LogP contribution in [-0.2, 0) is 20.7 Å². The van der Waals surface area contributed by atoms with Crippen LogP contribution in [0, 0.1) is 0 Å². The number of carbonyl (C=O) groups is 1. The molecule has 132 valence electrons. The Bertz CT molecular complexity index is 573. The van der Waals surface area contributed by atoms with Crippen LogP contribution in [0.2, 0.25) is 0 Å². The van der Waals surface area contributed by atoms with E-state index in [-0.39, 0.29) is 5.91 Å². The molecular formula is C18H25NO5. The smallest absolute Gasteiger partial charge is 0.222 e. The molecule has 0 radical (unpaired) electrons. The molecule has 0 unspecified atom stereocenters. The summed E-state index contributed by atoms with van der Waals surface area (Å²) in [6.07, 6.45) is 2.70. The van der Waals surface area contributed by atoms with Gasteiger partial charge in [0, 0.05) is 32.4 Å². The van der Waals surface area contributed by atoms with Crippen molar-refractivity contribution >= 4 is 5.91 Å². The summed E-state index contributed by atoms with van der Waals surface area (Å²) in [6, 6.07) is 5.77.